The normalized spacial score (nSPS) is 19.4. The summed E-state index contributed by atoms with van der Waals surface area (Å²) in [6, 6.07) is 6.99. The third kappa shape index (κ3) is 5.96. The van der Waals surface area contributed by atoms with Crippen molar-refractivity contribution in [2.45, 2.75) is 38.9 Å². The number of benzene rings is 1. The Labute approximate surface area is 158 Å². The SMILES string of the molecule is CCOc1ccccc1C(=O)NCCCC(=O)N1CC(C(=O)O)O[C@H](C)C1. The molecular weight excluding hydrogens is 352 g/mol. The fraction of sp³-hybridized carbons (Fsp3) is 0.526. The number of carboxylic acids is 1. The molecule has 1 aliphatic rings. The Kier molecular flexibility index (Phi) is 7.60. The zero-order valence-electron chi connectivity index (χ0n) is 15.6. The van der Waals surface area contributed by atoms with Crippen LogP contribution in [0.1, 0.15) is 37.0 Å². The molecule has 1 heterocycles. The van der Waals surface area contributed by atoms with Gasteiger partial charge in [-0.2, -0.15) is 0 Å². The second-order valence-corrected chi connectivity index (χ2v) is 6.36. The lowest BCUT2D eigenvalue weighted by Gasteiger charge is -2.35. The van der Waals surface area contributed by atoms with Gasteiger partial charge in [-0.3, -0.25) is 9.59 Å². The van der Waals surface area contributed by atoms with Gasteiger partial charge in [-0.05, 0) is 32.4 Å². The predicted molar refractivity (Wildman–Crippen MR) is 97.7 cm³/mol. The number of carbonyl (C=O) groups is 3. The fourth-order valence-electron chi connectivity index (χ4n) is 2.92. The van der Waals surface area contributed by atoms with Gasteiger partial charge in [0.25, 0.3) is 5.91 Å². The standard InChI is InChI=1S/C19H26N2O6/c1-3-26-15-8-5-4-7-14(15)18(23)20-10-6-9-17(22)21-11-13(2)27-16(12-21)19(24)25/h4-5,7-8,13,16H,3,6,9-12H2,1-2H3,(H,20,23)(H,24,25)/t13-,16?/m1/s1. The van der Waals surface area contributed by atoms with Gasteiger partial charge in [-0.1, -0.05) is 12.1 Å². The van der Waals surface area contributed by atoms with E-state index in [1.165, 1.54) is 4.90 Å². The minimum Gasteiger partial charge on any atom is -0.493 e. The van der Waals surface area contributed by atoms with Crippen LogP contribution in [-0.4, -0.2) is 66.2 Å². The van der Waals surface area contributed by atoms with Gasteiger partial charge >= 0.3 is 5.97 Å². The molecule has 27 heavy (non-hydrogen) atoms. The van der Waals surface area contributed by atoms with Crippen molar-refractivity contribution in [3.8, 4) is 5.75 Å². The highest BCUT2D eigenvalue weighted by molar-refractivity contribution is 5.96. The molecule has 148 valence electrons. The van der Waals surface area contributed by atoms with Crippen molar-refractivity contribution < 1.29 is 29.0 Å². The molecule has 0 aromatic heterocycles. The molecule has 2 N–H and O–H groups in total. The molecule has 1 unspecified atom stereocenters. The van der Waals surface area contributed by atoms with Crippen LogP contribution in [0.3, 0.4) is 0 Å². The van der Waals surface area contributed by atoms with E-state index >= 15 is 0 Å². The van der Waals surface area contributed by atoms with E-state index in [-0.39, 0.29) is 30.9 Å². The number of ether oxygens (including phenoxy) is 2. The van der Waals surface area contributed by atoms with Crippen LogP contribution < -0.4 is 10.1 Å². The third-order valence-electron chi connectivity index (χ3n) is 4.17. The highest BCUT2D eigenvalue weighted by Gasteiger charge is 2.32. The van der Waals surface area contributed by atoms with Crippen LogP contribution in [0.5, 0.6) is 5.75 Å². The molecule has 0 radical (unpaired) electrons. The minimum absolute atomic E-state index is 0.0482. The number of nitrogens with zero attached hydrogens (tertiary/aromatic N) is 1. The van der Waals surface area contributed by atoms with E-state index in [0.29, 0.717) is 37.4 Å². The van der Waals surface area contributed by atoms with Gasteiger partial charge in [0.2, 0.25) is 5.91 Å². The number of para-hydroxylation sites is 1. The first-order chi connectivity index (χ1) is 12.9. The first-order valence-corrected chi connectivity index (χ1v) is 9.08. The number of morpholine rings is 1. The van der Waals surface area contributed by atoms with Gasteiger partial charge in [-0.15, -0.1) is 0 Å². The Hall–Kier alpha value is -2.61. The average molecular weight is 378 g/mol. The zero-order chi connectivity index (χ0) is 19.8. The summed E-state index contributed by atoms with van der Waals surface area (Å²) in [5.74, 6) is -0.937. The lowest BCUT2D eigenvalue weighted by Crippen LogP contribution is -2.51. The molecule has 2 rings (SSSR count). The molecule has 2 amide bonds. The summed E-state index contributed by atoms with van der Waals surface area (Å²) in [6.45, 7) is 4.82. The molecule has 1 saturated heterocycles. The number of amides is 2. The predicted octanol–water partition coefficient (Wildman–Crippen LogP) is 1.30. The van der Waals surface area contributed by atoms with Crippen molar-refractivity contribution in [2.75, 3.05) is 26.2 Å². The summed E-state index contributed by atoms with van der Waals surface area (Å²) in [5, 5.41) is 11.9. The van der Waals surface area contributed by atoms with E-state index in [4.69, 9.17) is 14.6 Å². The van der Waals surface area contributed by atoms with Crippen molar-refractivity contribution in [3.63, 3.8) is 0 Å². The van der Waals surface area contributed by atoms with E-state index in [2.05, 4.69) is 5.32 Å². The van der Waals surface area contributed by atoms with E-state index in [9.17, 15) is 14.4 Å². The molecule has 1 fully saturated rings. The molecule has 1 aromatic carbocycles. The van der Waals surface area contributed by atoms with E-state index in [0.717, 1.165) is 0 Å². The number of carbonyl (C=O) groups excluding carboxylic acids is 2. The minimum atomic E-state index is -1.07. The molecule has 8 nitrogen and oxygen atoms in total. The average Bonchev–Trinajstić information content (AvgIpc) is 2.65. The molecule has 2 atom stereocenters. The number of carboxylic acid groups (broad SMARTS) is 1. The largest absolute Gasteiger partial charge is 0.493 e. The molecule has 0 saturated carbocycles. The van der Waals surface area contributed by atoms with Gasteiger partial charge < -0.3 is 24.8 Å². The lowest BCUT2D eigenvalue weighted by atomic mass is 10.1. The number of hydrogen-bond donors (Lipinski definition) is 2. The van der Waals surface area contributed by atoms with E-state index in [1.54, 1.807) is 31.2 Å². The number of hydrogen-bond acceptors (Lipinski definition) is 5. The zero-order valence-corrected chi connectivity index (χ0v) is 15.6. The van der Waals surface area contributed by atoms with Gasteiger partial charge in [0.05, 0.1) is 24.8 Å². The molecular formula is C19H26N2O6. The van der Waals surface area contributed by atoms with Crippen LogP contribution in [0.4, 0.5) is 0 Å². The fourth-order valence-corrected chi connectivity index (χ4v) is 2.92. The second kappa shape index (κ2) is 9.91. The molecule has 8 heteroatoms. The Morgan fingerprint density at radius 1 is 1.30 bits per heavy atom. The maximum absolute atomic E-state index is 12.3. The third-order valence-corrected chi connectivity index (χ3v) is 4.17. The van der Waals surface area contributed by atoms with Crippen molar-refractivity contribution in [1.29, 1.82) is 0 Å². The Morgan fingerprint density at radius 3 is 2.74 bits per heavy atom. The first-order valence-electron chi connectivity index (χ1n) is 9.08. The lowest BCUT2D eigenvalue weighted by molar-refractivity contribution is -0.166. The topological polar surface area (TPSA) is 105 Å². The quantitative estimate of drug-likeness (QED) is 0.661. The van der Waals surface area contributed by atoms with Gasteiger partial charge in [0.15, 0.2) is 6.10 Å². The summed E-state index contributed by atoms with van der Waals surface area (Å²) in [7, 11) is 0. The summed E-state index contributed by atoms with van der Waals surface area (Å²) < 4.78 is 10.7. The van der Waals surface area contributed by atoms with Crippen molar-refractivity contribution in [3.05, 3.63) is 29.8 Å². The number of nitrogens with one attached hydrogen (secondary N) is 1. The highest BCUT2D eigenvalue weighted by atomic mass is 16.5. The highest BCUT2D eigenvalue weighted by Crippen LogP contribution is 2.17. The van der Waals surface area contributed by atoms with Crippen LogP contribution in [-0.2, 0) is 14.3 Å². The molecule has 0 bridgehead atoms. The smallest absolute Gasteiger partial charge is 0.334 e. The summed E-state index contributed by atoms with van der Waals surface area (Å²) in [4.78, 5) is 37.2. The Morgan fingerprint density at radius 2 is 2.04 bits per heavy atom. The maximum atomic E-state index is 12.3. The Bertz CT molecular complexity index is 678. The van der Waals surface area contributed by atoms with Crippen LogP contribution >= 0.6 is 0 Å². The molecule has 1 aliphatic heterocycles. The summed E-state index contributed by atoms with van der Waals surface area (Å²) >= 11 is 0. The number of rotatable bonds is 8. The van der Waals surface area contributed by atoms with Gasteiger partial charge in [0.1, 0.15) is 5.75 Å². The van der Waals surface area contributed by atoms with Gasteiger partial charge in [-0.25, -0.2) is 4.79 Å². The summed E-state index contributed by atoms with van der Waals surface area (Å²) in [6.07, 6.45) is -0.622. The van der Waals surface area contributed by atoms with E-state index in [1.807, 2.05) is 6.92 Å². The molecule has 0 aliphatic carbocycles. The van der Waals surface area contributed by atoms with Crippen LogP contribution in [0.15, 0.2) is 24.3 Å². The van der Waals surface area contributed by atoms with Crippen molar-refractivity contribution in [1.82, 2.24) is 10.2 Å². The van der Waals surface area contributed by atoms with Crippen LogP contribution in [0, 0.1) is 0 Å². The molecule has 1 aromatic rings. The maximum Gasteiger partial charge on any atom is 0.334 e. The van der Waals surface area contributed by atoms with Gasteiger partial charge in [0, 0.05) is 19.5 Å². The first kappa shape index (κ1) is 20.7. The molecule has 0 spiro atoms. The van der Waals surface area contributed by atoms with E-state index < -0.39 is 12.1 Å². The van der Waals surface area contributed by atoms with Crippen LogP contribution in [0.25, 0.3) is 0 Å². The summed E-state index contributed by atoms with van der Waals surface area (Å²) in [5.41, 5.74) is 0.456. The number of aliphatic carboxylic acids is 1. The van der Waals surface area contributed by atoms with Crippen LogP contribution in [0.2, 0.25) is 0 Å². The van der Waals surface area contributed by atoms with Crippen molar-refractivity contribution >= 4 is 17.8 Å². The second-order valence-electron chi connectivity index (χ2n) is 6.36. The monoisotopic (exact) mass is 378 g/mol. The van der Waals surface area contributed by atoms with Crippen molar-refractivity contribution in [2.24, 2.45) is 0 Å². The Balaban J connectivity index is 1.78.